The van der Waals surface area contributed by atoms with E-state index in [4.69, 9.17) is 10.5 Å². The first-order valence-electron chi connectivity index (χ1n) is 21.8. The summed E-state index contributed by atoms with van der Waals surface area (Å²) in [5.74, 6) is 7.10. The third-order valence-electron chi connectivity index (χ3n) is 10.7. The number of imidazole rings is 1. The molecular weight excluding hydrogens is 975 g/mol. The van der Waals surface area contributed by atoms with Crippen LogP contribution in [-0.2, 0) is 25.5 Å². The number of benzene rings is 6. The Bertz CT molecular complexity index is 3060. The summed E-state index contributed by atoms with van der Waals surface area (Å²) in [7, 11) is 0. The number of aromatic nitrogens is 3. The van der Waals surface area contributed by atoms with Gasteiger partial charge in [-0.2, -0.15) is 11.3 Å². The summed E-state index contributed by atoms with van der Waals surface area (Å²) in [6.07, 6.45) is 1.91. The van der Waals surface area contributed by atoms with Crippen LogP contribution in [0.3, 0.4) is 0 Å². The third kappa shape index (κ3) is 8.67. The maximum atomic E-state index is 8.49. The second kappa shape index (κ2) is 17.1. The van der Waals surface area contributed by atoms with E-state index in [1.807, 2.05) is 43.5 Å². The van der Waals surface area contributed by atoms with Crippen LogP contribution in [0, 0.1) is 19.0 Å². The summed E-state index contributed by atoms with van der Waals surface area (Å²) in [6.45, 7) is 8.47. The molecule has 3 heterocycles. The van der Waals surface area contributed by atoms with Gasteiger partial charge in [0.1, 0.15) is 0 Å². The van der Waals surface area contributed by atoms with Crippen molar-refractivity contribution in [3.63, 3.8) is 0 Å². The zero-order chi connectivity index (χ0) is 44.2. The molecule has 6 aromatic carbocycles. The fourth-order valence-electron chi connectivity index (χ4n) is 7.54. The smallest absolute Gasteiger partial charge is 0 e. The van der Waals surface area contributed by atoms with Gasteiger partial charge in [0.15, 0.2) is 0 Å². The van der Waals surface area contributed by atoms with Gasteiger partial charge in [0.2, 0.25) is 0 Å². The van der Waals surface area contributed by atoms with Crippen LogP contribution >= 0.6 is 11.3 Å². The molecule has 0 spiro atoms. The largest absolute Gasteiger partial charge is 0 e. The van der Waals surface area contributed by atoms with Crippen molar-refractivity contribution in [3.05, 3.63) is 168 Å². The molecule has 0 bridgehead atoms. The molecule has 0 unspecified atom stereocenters. The zero-order valence-electron chi connectivity index (χ0n) is 38.9. The van der Waals surface area contributed by atoms with Crippen molar-refractivity contribution in [1.82, 2.24) is 14.5 Å². The molecule has 0 aliphatic heterocycles. The van der Waals surface area contributed by atoms with E-state index in [0.29, 0.717) is 0 Å². The van der Waals surface area contributed by atoms with Crippen LogP contribution in [-0.4, -0.2) is 27.8 Å². The molecule has 3 aromatic heterocycles. The van der Waals surface area contributed by atoms with Crippen LogP contribution in [0.2, 0.25) is 17.3 Å². The van der Waals surface area contributed by atoms with E-state index in [9.17, 15) is 0 Å². The van der Waals surface area contributed by atoms with Gasteiger partial charge in [-0.25, -0.2) is 0 Å². The number of para-hydroxylation sites is 2. The Morgan fingerprint density at radius 3 is 2.27 bits per heavy atom. The summed E-state index contributed by atoms with van der Waals surface area (Å²) in [4.78, 5) is 9.80. The molecule has 0 amide bonds. The molecule has 6 heteroatoms. The molecule has 0 aliphatic rings. The Hall–Kier alpha value is -4.65. The molecule has 9 aromatic rings. The van der Waals surface area contributed by atoms with Gasteiger partial charge in [0.25, 0.3) is 0 Å². The van der Waals surface area contributed by atoms with Crippen LogP contribution in [0.15, 0.2) is 140 Å². The van der Waals surface area contributed by atoms with E-state index in [0.717, 1.165) is 44.9 Å². The van der Waals surface area contributed by atoms with Crippen molar-refractivity contribution in [2.24, 2.45) is 0 Å². The first-order chi connectivity index (χ1) is 29.3. The Morgan fingerprint density at radius 1 is 0.814 bits per heavy atom. The summed E-state index contributed by atoms with van der Waals surface area (Å²) >= 11 is -0.322. The summed E-state index contributed by atoms with van der Waals surface area (Å²) in [5, 5.41) is 2.54. The molecule has 0 fully saturated rings. The van der Waals surface area contributed by atoms with Gasteiger partial charge in [0.05, 0.1) is 16.9 Å². The molecule has 59 heavy (non-hydrogen) atoms. The average molecular weight is 1030 g/mol. The van der Waals surface area contributed by atoms with Crippen molar-refractivity contribution in [3.8, 4) is 39.5 Å². The van der Waals surface area contributed by atoms with Crippen LogP contribution in [0.5, 0.6) is 0 Å². The Balaban J connectivity index is 0.000000207. The zero-order valence-corrected chi connectivity index (χ0v) is 40.2. The normalized spacial score (nSPS) is 13.2. The third-order valence-corrected chi connectivity index (χ3v) is 16.1. The van der Waals surface area contributed by atoms with E-state index in [1.54, 1.807) is 12.1 Å². The molecule has 3 nitrogen and oxygen atoms in total. The molecule has 9 rings (SSSR count). The molecule has 0 saturated carbocycles. The van der Waals surface area contributed by atoms with Gasteiger partial charge in [-0.3, -0.25) is 4.98 Å². The monoisotopic (exact) mass is 1030 g/mol. The van der Waals surface area contributed by atoms with Crippen molar-refractivity contribution in [2.45, 2.75) is 70.0 Å². The van der Waals surface area contributed by atoms with Gasteiger partial charge >= 0.3 is 131 Å². The Labute approximate surface area is 375 Å². The molecular formula is C53H51GeIrN3S-2. The van der Waals surface area contributed by atoms with E-state index < -0.39 is 26.0 Å². The van der Waals surface area contributed by atoms with E-state index in [1.165, 1.54) is 47.3 Å². The maximum absolute atomic E-state index is 8.49. The topological polar surface area (TPSA) is 30.7 Å². The summed E-state index contributed by atoms with van der Waals surface area (Å²) in [5.41, 5.74) is 10.7. The summed E-state index contributed by atoms with van der Waals surface area (Å²) < 4.78 is 36.9. The van der Waals surface area contributed by atoms with Gasteiger partial charge in [-0.15, -0.1) is 18.2 Å². The SMILES string of the molecule is CC(C)(C)c1ccc(-n2c(-c3[c-]ccc4c3sc3ccccc34)nc3ccccc32)c(-c2ccccc2)c1.[2H]C([2H])([2H])c1c[c-]c(-c2cc(C([2H])(C)C)[c]([Ge]([CH3])([CH3])[CH3])cn2)cc1.[Ir]. The summed E-state index contributed by atoms with van der Waals surface area (Å²) in [6, 6.07) is 52.3. The number of fused-ring (bicyclic) bond motifs is 4. The maximum Gasteiger partial charge on any atom is 0 e. The van der Waals surface area contributed by atoms with Crippen molar-refractivity contribution in [2.75, 3.05) is 0 Å². The van der Waals surface area contributed by atoms with Crippen molar-refractivity contribution < 1.29 is 25.6 Å². The van der Waals surface area contributed by atoms with Gasteiger partial charge in [-0.05, 0) is 57.0 Å². The number of rotatable bonds is 6. The van der Waals surface area contributed by atoms with Gasteiger partial charge in [0, 0.05) is 36.1 Å². The minimum Gasteiger partial charge on any atom is 0 e. The molecule has 299 valence electrons. The Kier molecular flexibility index (Phi) is 10.9. The number of pyridine rings is 1. The van der Waals surface area contributed by atoms with E-state index in [-0.39, 0.29) is 31.1 Å². The van der Waals surface area contributed by atoms with Crippen LogP contribution in [0.25, 0.3) is 70.7 Å². The first kappa shape index (κ1) is 37.4. The quantitative estimate of drug-likeness (QED) is 0.123. The van der Waals surface area contributed by atoms with Crippen LogP contribution < -0.4 is 4.40 Å². The molecule has 0 atom stereocenters. The number of nitrogens with zero attached hydrogens (tertiary/aromatic N) is 3. The average Bonchev–Trinajstić information content (AvgIpc) is 3.82. The van der Waals surface area contributed by atoms with Crippen LogP contribution in [0.1, 0.15) is 62.7 Å². The minimum atomic E-state index is -2.14. The van der Waals surface area contributed by atoms with Crippen molar-refractivity contribution in [1.29, 1.82) is 0 Å². The van der Waals surface area contributed by atoms with Crippen molar-refractivity contribution >= 4 is 60.2 Å². The number of thiophene rings is 1. The second-order valence-corrected chi connectivity index (χ2v) is 28.8. The predicted molar refractivity (Wildman–Crippen MR) is 253 cm³/mol. The number of aryl methyl sites for hydroxylation is 1. The first-order valence-corrected chi connectivity index (χ1v) is 28.0. The predicted octanol–water partition coefficient (Wildman–Crippen LogP) is 14.3. The molecule has 1 radical (unpaired) electrons. The molecule has 0 aliphatic carbocycles. The van der Waals surface area contributed by atoms with E-state index >= 15 is 0 Å². The van der Waals surface area contributed by atoms with Gasteiger partial charge in [-0.1, -0.05) is 98.5 Å². The van der Waals surface area contributed by atoms with E-state index in [2.05, 4.69) is 163 Å². The standard InChI is InChI=1S/C35H27N2S.C18H24GeN.Ir/c1-35(2,3)24-20-21-30(28(22-24)23-12-5-4-6-13-23)37-31-18-9-8-17-29(31)36-34(37)27-16-11-15-26-25-14-7-10-19-32(25)38-33(26)27;1-13(2)16-11-18(15-9-7-14(3)8-10-15)20-12-17(16)19(4,5)6;/h4-15,17-22H,1-3H3;7-9,11-13H,1-6H3;/q2*-1;/i;3D3,13D;. The minimum absolute atomic E-state index is 0. The number of hydrogen-bond acceptors (Lipinski definition) is 3. The van der Waals surface area contributed by atoms with Gasteiger partial charge < -0.3 is 4.57 Å². The molecule has 0 saturated heterocycles. The second-order valence-electron chi connectivity index (χ2n) is 17.2. The fourth-order valence-corrected chi connectivity index (χ4v) is 12.1. The number of hydrogen-bond donors (Lipinski definition) is 0. The molecule has 0 N–H and O–H groups in total. The Morgan fingerprint density at radius 2 is 1.56 bits per heavy atom. The fraction of sp³-hybridized carbons (Fsp3) is 0.208. The van der Waals surface area contributed by atoms with Crippen LogP contribution in [0.4, 0.5) is 0 Å².